The molecule has 2 fully saturated rings. The number of hydrogen-bond donors (Lipinski definition) is 2. The molecule has 238 valence electrons. The van der Waals surface area contributed by atoms with Gasteiger partial charge in [0.2, 0.25) is 23.7 Å². The number of nitrogens with zero attached hydrogens (tertiary/aromatic N) is 7. The normalized spacial score (nSPS) is 21.5. The number of imide groups is 1. The van der Waals surface area contributed by atoms with Gasteiger partial charge in [-0.3, -0.25) is 24.4 Å². The van der Waals surface area contributed by atoms with Gasteiger partial charge in [0.25, 0.3) is 0 Å². The van der Waals surface area contributed by atoms with Crippen LogP contribution in [0.5, 0.6) is 0 Å². The number of hydrogen-bond acceptors (Lipinski definition) is 9. The Morgan fingerprint density at radius 2 is 1.91 bits per heavy atom. The van der Waals surface area contributed by atoms with Crippen LogP contribution in [0, 0.1) is 0 Å². The molecule has 2 saturated heterocycles. The molecule has 0 spiro atoms. The Labute approximate surface area is 271 Å². The fourth-order valence-corrected chi connectivity index (χ4v) is 7.12. The molecular formula is C33H36ClN9O3. The van der Waals surface area contributed by atoms with Gasteiger partial charge in [0.05, 0.1) is 29.7 Å². The van der Waals surface area contributed by atoms with E-state index in [1.54, 1.807) is 18.1 Å². The maximum absolute atomic E-state index is 12.5. The highest BCUT2D eigenvalue weighted by Crippen LogP contribution is 2.36. The van der Waals surface area contributed by atoms with Crippen molar-refractivity contribution < 1.29 is 14.4 Å². The number of carbonyl (C=O) groups excluding carboxylic acids is 3. The smallest absolute Gasteiger partial charge is 0.235 e. The molecule has 4 aromatic rings. The van der Waals surface area contributed by atoms with E-state index < -0.39 is 5.92 Å². The first-order valence-electron chi connectivity index (χ1n) is 15.6. The van der Waals surface area contributed by atoms with Crippen LogP contribution < -0.4 is 25.3 Å². The largest absolute Gasteiger partial charge is 0.371 e. The van der Waals surface area contributed by atoms with Crippen molar-refractivity contribution in [3.8, 4) is 0 Å². The second-order valence-electron chi connectivity index (χ2n) is 12.5. The highest BCUT2D eigenvalue weighted by atomic mass is 35.5. The van der Waals surface area contributed by atoms with Crippen molar-refractivity contribution in [1.82, 2.24) is 25.1 Å². The molecule has 3 amide bonds. The fraction of sp³-hybridized carbons (Fsp3) is 0.394. The van der Waals surface area contributed by atoms with Gasteiger partial charge >= 0.3 is 0 Å². The van der Waals surface area contributed by atoms with E-state index in [0.717, 1.165) is 52.9 Å². The van der Waals surface area contributed by atoms with E-state index in [9.17, 15) is 14.4 Å². The molecule has 0 aliphatic carbocycles. The minimum Gasteiger partial charge on any atom is -0.371 e. The summed E-state index contributed by atoms with van der Waals surface area (Å²) in [5, 5.41) is 11.8. The lowest BCUT2D eigenvalue weighted by Gasteiger charge is -2.42. The molecule has 2 aromatic heterocycles. The zero-order valence-corrected chi connectivity index (χ0v) is 27.0. The zero-order chi connectivity index (χ0) is 32.3. The molecule has 46 heavy (non-hydrogen) atoms. The van der Waals surface area contributed by atoms with Crippen molar-refractivity contribution in [2.24, 2.45) is 7.05 Å². The number of rotatable bonds is 6. The lowest BCUT2D eigenvalue weighted by atomic mass is 9.92. The van der Waals surface area contributed by atoms with Gasteiger partial charge in [0.1, 0.15) is 5.02 Å². The number of amides is 3. The summed E-state index contributed by atoms with van der Waals surface area (Å²) in [5.41, 5.74) is 5.45. The summed E-state index contributed by atoms with van der Waals surface area (Å²) >= 11 is 6.51. The number of fused-ring (bicyclic) bond motifs is 2. The first kappa shape index (κ1) is 30.0. The van der Waals surface area contributed by atoms with E-state index in [1.807, 2.05) is 36.0 Å². The molecule has 2 N–H and O–H groups in total. The summed E-state index contributed by atoms with van der Waals surface area (Å²) < 4.78 is 1.82. The SMILES string of the molecule is C[C@@H]1C[C@@H](N(C)c2ccc3c(C4CCC(=O)NC4=O)nn(C)c3c2)CCN1c1ncc(Cl)c(Nc2ccc3c(c2)CC(=O)N3C)n1. The van der Waals surface area contributed by atoms with Gasteiger partial charge in [0, 0.05) is 68.6 Å². The molecular weight excluding hydrogens is 606 g/mol. The monoisotopic (exact) mass is 641 g/mol. The number of nitrogens with one attached hydrogen (secondary N) is 2. The first-order valence-corrected chi connectivity index (χ1v) is 15.9. The number of anilines is 5. The molecule has 3 aliphatic rings. The Morgan fingerprint density at radius 1 is 1.09 bits per heavy atom. The van der Waals surface area contributed by atoms with Gasteiger partial charge in [-0.2, -0.15) is 10.1 Å². The van der Waals surface area contributed by atoms with Gasteiger partial charge in [-0.05, 0) is 68.1 Å². The minimum absolute atomic E-state index is 0.0778. The number of piperidine rings is 2. The van der Waals surface area contributed by atoms with Crippen molar-refractivity contribution in [3.05, 3.63) is 58.9 Å². The van der Waals surface area contributed by atoms with Crippen molar-refractivity contribution >= 4 is 69.1 Å². The van der Waals surface area contributed by atoms with Gasteiger partial charge < -0.3 is 20.0 Å². The van der Waals surface area contributed by atoms with Crippen LogP contribution in [0.2, 0.25) is 5.02 Å². The Morgan fingerprint density at radius 3 is 2.70 bits per heavy atom. The second-order valence-corrected chi connectivity index (χ2v) is 12.9. The average Bonchev–Trinajstić information content (AvgIpc) is 3.51. The van der Waals surface area contributed by atoms with Gasteiger partial charge in [-0.15, -0.1) is 0 Å². The van der Waals surface area contributed by atoms with E-state index >= 15 is 0 Å². The molecule has 0 saturated carbocycles. The van der Waals surface area contributed by atoms with Crippen molar-refractivity contribution in [2.45, 2.75) is 57.0 Å². The molecule has 0 bridgehead atoms. The van der Waals surface area contributed by atoms with Crippen molar-refractivity contribution in [1.29, 1.82) is 0 Å². The summed E-state index contributed by atoms with van der Waals surface area (Å²) in [6, 6.07) is 12.6. The number of aromatic nitrogens is 4. The van der Waals surface area contributed by atoms with Crippen LogP contribution in [0.1, 0.15) is 49.8 Å². The van der Waals surface area contributed by atoms with Gasteiger partial charge in [-0.25, -0.2) is 4.98 Å². The third-order valence-electron chi connectivity index (χ3n) is 9.64. The summed E-state index contributed by atoms with van der Waals surface area (Å²) in [7, 11) is 5.80. The van der Waals surface area contributed by atoms with Crippen LogP contribution in [-0.2, 0) is 27.9 Å². The summed E-state index contributed by atoms with van der Waals surface area (Å²) in [6.45, 7) is 2.97. The van der Waals surface area contributed by atoms with Crippen LogP contribution in [0.4, 0.5) is 28.8 Å². The fourth-order valence-electron chi connectivity index (χ4n) is 6.98. The molecule has 13 heteroatoms. The molecule has 12 nitrogen and oxygen atoms in total. The third-order valence-corrected chi connectivity index (χ3v) is 9.92. The highest BCUT2D eigenvalue weighted by molar-refractivity contribution is 6.33. The van der Waals surface area contributed by atoms with E-state index in [2.05, 4.69) is 51.5 Å². The number of carbonyl (C=O) groups is 3. The predicted molar refractivity (Wildman–Crippen MR) is 178 cm³/mol. The van der Waals surface area contributed by atoms with Crippen LogP contribution in [-0.4, -0.2) is 70.2 Å². The van der Waals surface area contributed by atoms with Crippen LogP contribution in [0.15, 0.2) is 42.6 Å². The van der Waals surface area contributed by atoms with E-state index in [0.29, 0.717) is 47.8 Å². The molecule has 1 unspecified atom stereocenters. The summed E-state index contributed by atoms with van der Waals surface area (Å²) in [6.07, 6.45) is 4.62. The minimum atomic E-state index is -0.429. The number of aryl methyl sites for hydroxylation is 1. The maximum Gasteiger partial charge on any atom is 0.235 e. The highest BCUT2D eigenvalue weighted by Gasteiger charge is 2.33. The number of benzene rings is 2. The molecule has 7 rings (SSSR count). The van der Waals surface area contributed by atoms with E-state index in [1.165, 1.54) is 0 Å². The second kappa shape index (κ2) is 11.6. The lowest BCUT2D eigenvalue weighted by Crippen LogP contribution is -2.48. The number of likely N-dealkylation sites (N-methyl/N-ethyl adjacent to an activating group) is 1. The number of halogens is 1. The Balaban J connectivity index is 1.05. The molecule has 0 radical (unpaired) electrons. The summed E-state index contributed by atoms with van der Waals surface area (Å²) in [5.74, 6) is 0.287. The predicted octanol–water partition coefficient (Wildman–Crippen LogP) is 4.29. The molecule has 5 heterocycles. The van der Waals surface area contributed by atoms with Gasteiger partial charge in [0.15, 0.2) is 5.82 Å². The topological polar surface area (TPSA) is 129 Å². The van der Waals surface area contributed by atoms with E-state index in [4.69, 9.17) is 21.7 Å². The molecule has 2 aromatic carbocycles. The lowest BCUT2D eigenvalue weighted by molar-refractivity contribution is -0.134. The van der Waals surface area contributed by atoms with E-state index in [-0.39, 0.29) is 23.8 Å². The van der Waals surface area contributed by atoms with Crippen molar-refractivity contribution in [2.75, 3.05) is 40.7 Å². The molecule has 3 aliphatic heterocycles. The average molecular weight is 642 g/mol. The summed E-state index contributed by atoms with van der Waals surface area (Å²) in [4.78, 5) is 51.9. The van der Waals surface area contributed by atoms with Crippen LogP contribution >= 0.6 is 11.6 Å². The van der Waals surface area contributed by atoms with Gasteiger partial charge in [-0.1, -0.05) is 11.6 Å². The zero-order valence-electron chi connectivity index (χ0n) is 26.2. The Bertz CT molecular complexity index is 1890. The maximum atomic E-state index is 12.5. The Hall–Kier alpha value is -4.71. The molecule has 3 atom stereocenters. The third kappa shape index (κ3) is 5.30. The van der Waals surface area contributed by atoms with Crippen LogP contribution in [0.25, 0.3) is 10.9 Å². The van der Waals surface area contributed by atoms with Crippen LogP contribution in [0.3, 0.4) is 0 Å². The van der Waals surface area contributed by atoms with Crippen molar-refractivity contribution in [3.63, 3.8) is 0 Å². The quantitative estimate of drug-likeness (QED) is 0.296. The standard InChI is InChI=1S/C33H36ClN9O3/c1-18-13-22(40(2)21-6-7-23-27(16-21)42(4)39-30(23)24-8-10-28(44)37-32(24)46)11-12-43(18)33-35-17-25(34)31(38-33)36-20-5-9-26-19(14-20)15-29(45)41(26)3/h5-7,9,14,16-18,22,24H,8,10-13,15H2,1-4H3,(H,35,36,38)(H,37,44,46)/t18-,22+,24?/m1/s1. The Kier molecular flexibility index (Phi) is 7.54. The first-order chi connectivity index (χ1) is 22.1.